The predicted octanol–water partition coefficient (Wildman–Crippen LogP) is 5.50. The number of hydrogen-bond donors (Lipinski definition) is 3. The number of aromatic amines is 1. The van der Waals surface area contributed by atoms with E-state index < -0.39 is 17.6 Å². The smallest absolute Gasteiger partial charge is 0.265 e. The van der Waals surface area contributed by atoms with E-state index in [2.05, 4.69) is 20.8 Å². The van der Waals surface area contributed by atoms with Gasteiger partial charge in [-0.1, -0.05) is 47.5 Å². The van der Waals surface area contributed by atoms with Crippen LogP contribution in [0.2, 0.25) is 10.0 Å². The van der Waals surface area contributed by atoms with Crippen molar-refractivity contribution in [1.82, 2.24) is 10.2 Å². The van der Waals surface area contributed by atoms with Crippen LogP contribution >= 0.6 is 34.5 Å². The molecule has 0 saturated carbocycles. The number of carbonyl (C=O) groups excluding carboxylic acids is 2. The third kappa shape index (κ3) is 4.16. The minimum atomic E-state index is -0.451. The fraction of sp³-hybridized carbons (Fsp3) is 0.0500. The Kier molecular flexibility index (Phi) is 5.72. The van der Waals surface area contributed by atoms with E-state index in [0.717, 1.165) is 11.3 Å². The van der Waals surface area contributed by atoms with Gasteiger partial charge in [0.15, 0.2) is 5.82 Å². The highest BCUT2D eigenvalue weighted by Crippen LogP contribution is 2.33. The minimum absolute atomic E-state index is 0.135. The van der Waals surface area contributed by atoms with Gasteiger partial charge in [0.05, 0.1) is 32.4 Å². The molecule has 0 aliphatic heterocycles. The Hall–Kier alpha value is -2.94. The van der Waals surface area contributed by atoms with Crippen molar-refractivity contribution in [2.75, 3.05) is 10.6 Å². The molecular formula is C20H13Cl2FN4O2S. The molecule has 0 unspecified atom stereocenters. The van der Waals surface area contributed by atoms with Gasteiger partial charge in [0, 0.05) is 0 Å². The SMILES string of the molecule is O=C(Cc1ccccc1F)Nc1n[nH]c2sc(C(=O)Nc3c(Cl)cccc3Cl)cc12. The molecule has 152 valence electrons. The number of thiophene rings is 1. The first-order chi connectivity index (χ1) is 14.4. The molecule has 2 aromatic heterocycles. The lowest BCUT2D eigenvalue weighted by Gasteiger charge is -2.07. The van der Waals surface area contributed by atoms with E-state index in [9.17, 15) is 14.0 Å². The first-order valence-corrected chi connectivity index (χ1v) is 10.3. The van der Waals surface area contributed by atoms with Crippen molar-refractivity contribution >= 4 is 68.1 Å². The topological polar surface area (TPSA) is 86.9 Å². The van der Waals surface area contributed by atoms with Crippen LogP contribution in [0.15, 0.2) is 48.5 Å². The third-order valence-corrected chi connectivity index (χ3v) is 5.92. The summed E-state index contributed by atoms with van der Waals surface area (Å²) in [5.41, 5.74) is 0.600. The maximum atomic E-state index is 13.7. The Morgan fingerprint density at radius 3 is 2.53 bits per heavy atom. The van der Waals surface area contributed by atoms with Crippen LogP contribution in [-0.4, -0.2) is 22.0 Å². The monoisotopic (exact) mass is 462 g/mol. The number of benzene rings is 2. The molecule has 4 aromatic rings. The van der Waals surface area contributed by atoms with Crippen LogP contribution in [0.1, 0.15) is 15.2 Å². The van der Waals surface area contributed by atoms with Gasteiger partial charge in [-0.05, 0) is 29.8 Å². The van der Waals surface area contributed by atoms with E-state index in [1.165, 1.54) is 6.07 Å². The lowest BCUT2D eigenvalue weighted by Crippen LogP contribution is -2.15. The number of para-hydroxylation sites is 1. The molecule has 0 aliphatic rings. The van der Waals surface area contributed by atoms with Crippen LogP contribution < -0.4 is 10.6 Å². The number of rotatable bonds is 5. The number of aromatic nitrogens is 2. The second kappa shape index (κ2) is 8.43. The van der Waals surface area contributed by atoms with Crippen molar-refractivity contribution in [1.29, 1.82) is 0 Å². The number of hydrogen-bond acceptors (Lipinski definition) is 4. The number of carbonyl (C=O) groups is 2. The highest BCUT2D eigenvalue weighted by molar-refractivity contribution is 7.20. The van der Waals surface area contributed by atoms with Crippen LogP contribution in [0.25, 0.3) is 10.2 Å². The number of nitrogens with zero attached hydrogens (tertiary/aromatic N) is 1. The molecule has 4 rings (SSSR count). The predicted molar refractivity (Wildman–Crippen MR) is 117 cm³/mol. The van der Waals surface area contributed by atoms with E-state index in [1.807, 2.05) is 0 Å². The normalized spacial score (nSPS) is 10.9. The maximum absolute atomic E-state index is 13.7. The van der Waals surface area contributed by atoms with Gasteiger partial charge in [0.1, 0.15) is 10.6 Å². The van der Waals surface area contributed by atoms with E-state index in [0.29, 0.717) is 30.8 Å². The first kappa shape index (κ1) is 20.3. The van der Waals surface area contributed by atoms with E-state index >= 15 is 0 Å². The number of halogens is 3. The maximum Gasteiger partial charge on any atom is 0.265 e. The van der Waals surface area contributed by atoms with Crippen molar-refractivity contribution in [2.24, 2.45) is 0 Å². The molecule has 2 aromatic carbocycles. The van der Waals surface area contributed by atoms with Crippen molar-refractivity contribution in [3.63, 3.8) is 0 Å². The number of amides is 2. The molecule has 0 radical (unpaired) electrons. The highest BCUT2D eigenvalue weighted by Gasteiger charge is 2.18. The van der Waals surface area contributed by atoms with Gasteiger partial charge in [-0.25, -0.2) is 4.39 Å². The summed E-state index contributed by atoms with van der Waals surface area (Å²) in [6, 6.07) is 12.6. The van der Waals surface area contributed by atoms with Crippen LogP contribution in [0.3, 0.4) is 0 Å². The van der Waals surface area contributed by atoms with Crippen molar-refractivity contribution < 1.29 is 14.0 Å². The summed E-state index contributed by atoms with van der Waals surface area (Å²) < 4.78 is 13.7. The first-order valence-electron chi connectivity index (χ1n) is 8.69. The van der Waals surface area contributed by atoms with Crippen LogP contribution in [0.4, 0.5) is 15.9 Å². The lowest BCUT2D eigenvalue weighted by atomic mass is 10.1. The third-order valence-electron chi connectivity index (χ3n) is 4.25. The molecule has 0 bridgehead atoms. The van der Waals surface area contributed by atoms with E-state index in [4.69, 9.17) is 23.2 Å². The minimum Gasteiger partial charge on any atom is -0.319 e. The molecule has 30 heavy (non-hydrogen) atoms. The summed E-state index contributed by atoms with van der Waals surface area (Å²) >= 11 is 13.3. The Morgan fingerprint density at radius 1 is 1.07 bits per heavy atom. The second-order valence-electron chi connectivity index (χ2n) is 6.29. The van der Waals surface area contributed by atoms with Gasteiger partial charge < -0.3 is 10.6 Å². The number of nitrogens with one attached hydrogen (secondary N) is 3. The Labute approximate surface area is 184 Å². The average Bonchev–Trinajstić information content (AvgIpc) is 3.29. The van der Waals surface area contributed by atoms with Gasteiger partial charge in [-0.3, -0.25) is 14.7 Å². The van der Waals surface area contributed by atoms with Crippen molar-refractivity contribution in [2.45, 2.75) is 6.42 Å². The molecule has 6 nitrogen and oxygen atoms in total. The van der Waals surface area contributed by atoms with Gasteiger partial charge in [-0.2, -0.15) is 5.10 Å². The summed E-state index contributed by atoms with van der Waals surface area (Å²) in [5, 5.41) is 13.4. The van der Waals surface area contributed by atoms with Gasteiger partial charge in [0.25, 0.3) is 5.91 Å². The Balaban J connectivity index is 1.51. The molecular weight excluding hydrogens is 450 g/mol. The standard InChI is InChI=1S/C20H13Cl2FN4O2S/c21-12-5-3-6-13(22)17(12)25-19(29)15-9-11-18(26-27-20(11)30-15)24-16(28)8-10-4-1-2-7-14(10)23/h1-7,9H,8H2,(H,25,29)(H2,24,26,27,28). The summed E-state index contributed by atoms with van der Waals surface area (Å²) in [6.07, 6.45) is -0.135. The van der Waals surface area contributed by atoms with E-state index in [-0.39, 0.29) is 17.8 Å². The Bertz CT molecular complexity index is 1250. The Morgan fingerprint density at radius 2 is 1.80 bits per heavy atom. The summed E-state index contributed by atoms with van der Waals surface area (Å²) in [6.45, 7) is 0. The van der Waals surface area contributed by atoms with Crippen LogP contribution in [-0.2, 0) is 11.2 Å². The van der Waals surface area contributed by atoms with Crippen LogP contribution in [0, 0.1) is 5.82 Å². The molecule has 2 amide bonds. The molecule has 0 atom stereocenters. The molecule has 2 heterocycles. The van der Waals surface area contributed by atoms with Crippen molar-refractivity contribution in [3.8, 4) is 0 Å². The molecule has 0 saturated heterocycles. The number of H-pyrrole nitrogens is 1. The zero-order chi connectivity index (χ0) is 21.3. The fourth-order valence-electron chi connectivity index (χ4n) is 2.81. The van der Waals surface area contributed by atoms with Gasteiger partial charge >= 0.3 is 0 Å². The lowest BCUT2D eigenvalue weighted by molar-refractivity contribution is -0.115. The summed E-state index contributed by atoms with van der Waals surface area (Å²) in [5.74, 6) is -1.01. The summed E-state index contributed by atoms with van der Waals surface area (Å²) in [7, 11) is 0. The second-order valence-corrected chi connectivity index (χ2v) is 8.16. The molecule has 0 spiro atoms. The largest absolute Gasteiger partial charge is 0.319 e. The zero-order valence-electron chi connectivity index (χ0n) is 15.1. The average molecular weight is 463 g/mol. The molecule has 3 N–H and O–H groups in total. The van der Waals surface area contributed by atoms with Gasteiger partial charge in [-0.15, -0.1) is 11.3 Å². The number of fused-ring (bicyclic) bond motifs is 1. The van der Waals surface area contributed by atoms with Crippen LogP contribution in [0.5, 0.6) is 0 Å². The quantitative estimate of drug-likeness (QED) is 0.365. The highest BCUT2D eigenvalue weighted by atomic mass is 35.5. The number of anilines is 2. The van der Waals surface area contributed by atoms with Crippen molar-refractivity contribution in [3.05, 3.63) is 74.8 Å². The van der Waals surface area contributed by atoms with Gasteiger partial charge in [0.2, 0.25) is 5.91 Å². The summed E-state index contributed by atoms with van der Waals surface area (Å²) in [4.78, 5) is 25.9. The zero-order valence-corrected chi connectivity index (χ0v) is 17.5. The molecule has 0 aliphatic carbocycles. The molecule has 0 fully saturated rings. The fourth-order valence-corrected chi connectivity index (χ4v) is 4.20. The van der Waals surface area contributed by atoms with E-state index in [1.54, 1.807) is 42.5 Å². The molecule has 10 heteroatoms.